The van der Waals surface area contributed by atoms with E-state index in [1.165, 1.54) is 0 Å². The second-order valence-corrected chi connectivity index (χ2v) is 7.59. The Morgan fingerprint density at radius 1 is 1.57 bits per heavy atom. The smallest absolute Gasteiger partial charge is 0.173 e. The van der Waals surface area contributed by atoms with Gasteiger partial charge in [-0.15, -0.1) is 0 Å². The summed E-state index contributed by atoms with van der Waals surface area (Å²) in [6.45, 7) is 3.08. The van der Waals surface area contributed by atoms with Crippen LogP contribution in [0.5, 0.6) is 0 Å². The lowest BCUT2D eigenvalue weighted by Gasteiger charge is -2.29. The molecule has 1 aliphatic rings. The van der Waals surface area contributed by atoms with Crippen LogP contribution in [0.2, 0.25) is 0 Å². The molecule has 5 nitrogen and oxygen atoms in total. The third kappa shape index (κ3) is 2.34. The molecule has 0 spiro atoms. The van der Waals surface area contributed by atoms with E-state index in [2.05, 4.69) is 6.58 Å². The second kappa shape index (κ2) is 3.63. The van der Waals surface area contributed by atoms with Crippen molar-refractivity contribution >= 4 is 19.7 Å². The normalized spacial score (nSPS) is 27.6. The first kappa shape index (κ1) is 11.7. The van der Waals surface area contributed by atoms with Gasteiger partial charge in [0.2, 0.25) is 0 Å². The number of sulfone groups is 2. The van der Waals surface area contributed by atoms with Crippen LogP contribution in [-0.2, 0) is 19.7 Å². The molecule has 14 heavy (non-hydrogen) atoms. The molecule has 2 atom stereocenters. The van der Waals surface area contributed by atoms with Crippen molar-refractivity contribution in [2.24, 2.45) is 0 Å². The maximum atomic E-state index is 11.1. The van der Waals surface area contributed by atoms with Crippen molar-refractivity contribution < 1.29 is 21.9 Å². The SMILES string of the molecule is C=CS(=O)(=O)CC(O)C1CCS1(=O)=O. The lowest BCUT2D eigenvalue weighted by atomic mass is 10.2. The highest BCUT2D eigenvalue weighted by molar-refractivity contribution is 7.94. The fourth-order valence-electron chi connectivity index (χ4n) is 1.29. The molecule has 0 aromatic carbocycles. The summed E-state index contributed by atoms with van der Waals surface area (Å²) in [5.41, 5.74) is 0. The molecule has 0 aromatic rings. The van der Waals surface area contributed by atoms with Gasteiger partial charge < -0.3 is 5.11 Å². The minimum atomic E-state index is -3.54. The first-order valence-corrected chi connectivity index (χ1v) is 7.46. The molecule has 0 aliphatic carbocycles. The van der Waals surface area contributed by atoms with Crippen LogP contribution in [0, 0.1) is 0 Å². The van der Waals surface area contributed by atoms with Crippen molar-refractivity contribution in [3.05, 3.63) is 12.0 Å². The van der Waals surface area contributed by atoms with E-state index in [-0.39, 0.29) is 5.75 Å². The molecule has 0 amide bonds. The van der Waals surface area contributed by atoms with Gasteiger partial charge in [-0.25, -0.2) is 16.8 Å². The van der Waals surface area contributed by atoms with Gasteiger partial charge in [-0.05, 0) is 6.42 Å². The average molecular weight is 240 g/mol. The molecule has 0 aromatic heterocycles. The van der Waals surface area contributed by atoms with Gasteiger partial charge in [0.25, 0.3) is 0 Å². The van der Waals surface area contributed by atoms with Crippen LogP contribution in [0.3, 0.4) is 0 Å². The van der Waals surface area contributed by atoms with Crippen LogP contribution in [0.15, 0.2) is 12.0 Å². The molecule has 1 heterocycles. The van der Waals surface area contributed by atoms with Gasteiger partial charge >= 0.3 is 0 Å². The quantitative estimate of drug-likeness (QED) is 0.687. The fraction of sp³-hybridized carbons (Fsp3) is 0.714. The summed E-state index contributed by atoms with van der Waals surface area (Å²) in [7, 11) is -6.79. The Morgan fingerprint density at radius 3 is 2.43 bits per heavy atom. The van der Waals surface area contributed by atoms with E-state index in [1.807, 2.05) is 0 Å². The standard InChI is InChI=1S/C7H12O5S2/c1-2-13(9,10)5-6(8)7-3-4-14(7,11)12/h2,6-8H,1,3-5H2. The Kier molecular flexibility index (Phi) is 3.03. The van der Waals surface area contributed by atoms with Gasteiger partial charge in [-0.3, -0.25) is 0 Å². The molecule has 1 fully saturated rings. The predicted molar refractivity (Wildman–Crippen MR) is 52.2 cm³/mol. The lowest BCUT2D eigenvalue weighted by molar-refractivity contribution is 0.182. The molecule has 2 unspecified atom stereocenters. The van der Waals surface area contributed by atoms with Gasteiger partial charge in [0.1, 0.15) is 0 Å². The minimum Gasteiger partial charge on any atom is -0.391 e. The zero-order valence-corrected chi connectivity index (χ0v) is 9.09. The summed E-state index contributed by atoms with van der Waals surface area (Å²) >= 11 is 0. The molecule has 0 bridgehead atoms. The van der Waals surface area contributed by atoms with Gasteiger partial charge in [0.15, 0.2) is 19.7 Å². The summed E-state index contributed by atoms with van der Waals surface area (Å²) in [6.07, 6.45) is -1.01. The van der Waals surface area contributed by atoms with E-state index in [1.54, 1.807) is 0 Å². The number of hydrogen-bond donors (Lipinski definition) is 1. The van der Waals surface area contributed by atoms with Crippen LogP contribution in [-0.4, -0.2) is 44.8 Å². The highest BCUT2D eigenvalue weighted by atomic mass is 32.2. The summed E-state index contributed by atoms with van der Waals surface area (Å²) in [5.74, 6) is -0.538. The lowest BCUT2D eigenvalue weighted by Crippen LogP contribution is -2.47. The topological polar surface area (TPSA) is 88.5 Å². The molecule has 1 aliphatic heterocycles. The number of aliphatic hydroxyl groups excluding tert-OH is 1. The van der Waals surface area contributed by atoms with E-state index in [0.29, 0.717) is 6.42 Å². The van der Waals surface area contributed by atoms with Gasteiger partial charge in [0.05, 0.1) is 22.9 Å². The van der Waals surface area contributed by atoms with Crippen molar-refractivity contribution in [3.8, 4) is 0 Å². The second-order valence-electron chi connectivity index (χ2n) is 3.26. The summed E-state index contributed by atoms with van der Waals surface area (Å²) in [6, 6.07) is 0. The molecule has 0 radical (unpaired) electrons. The van der Waals surface area contributed by atoms with Gasteiger partial charge in [0, 0.05) is 5.41 Å². The monoisotopic (exact) mass is 240 g/mol. The summed E-state index contributed by atoms with van der Waals surface area (Å²) in [5, 5.41) is 9.17. The number of rotatable bonds is 4. The Labute approximate surface area is 83.3 Å². The van der Waals surface area contributed by atoms with Crippen LogP contribution in [0.4, 0.5) is 0 Å². The third-order valence-corrected chi connectivity index (χ3v) is 5.83. The number of hydrogen-bond acceptors (Lipinski definition) is 5. The molecule has 7 heteroatoms. The van der Waals surface area contributed by atoms with E-state index in [9.17, 15) is 21.9 Å². The van der Waals surface area contributed by atoms with E-state index >= 15 is 0 Å². The van der Waals surface area contributed by atoms with Crippen molar-refractivity contribution in [3.63, 3.8) is 0 Å². The summed E-state index contributed by atoms with van der Waals surface area (Å²) < 4.78 is 44.1. The van der Waals surface area contributed by atoms with Crippen molar-refractivity contribution in [1.29, 1.82) is 0 Å². The first-order chi connectivity index (χ1) is 6.28. The van der Waals surface area contributed by atoms with Crippen molar-refractivity contribution in [2.75, 3.05) is 11.5 Å². The zero-order valence-electron chi connectivity index (χ0n) is 7.46. The Balaban J connectivity index is 2.69. The molecule has 1 saturated heterocycles. The van der Waals surface area contributed by atoms with E-state index in [4.69, 9.17) is 0 Å². The van der Waals surface area contributed by atoms with Gasteiger partial charge in [-0.2, -0.15) is 0 Å². The Morgan fingerprint density at radius 2 is 2.14 bits per heavy atom. The highest BCUT2D eigenvalue weighted by Crippen LogP contribution is 2.24. The maximum Gasteiger partial charge on any atom is 0.173 e. The Bertz CT molecular complexity index is 419. The third-order valence-electron chi connectivity index (χ3n) is 2.23. The van der Waals surface area contributed by atoms with Gasteiger partial charge in [-0.1, -0.05) is 6.58 Å². The average Bonchev–Trinajstić information content (AvgIpc) is 2.01. The van der Waals surface area contributed by atoms with E-state index in [0.717, 1.165) is 5.41 Å². The maximum absolute atomic E-state index is 11.1. The molecular weight excluding hydrogens is 228 g/mol. The first-order valence-electron chi connectivity index (χ1n) is 4.03. The molecule has 1 rings (SSSR count). The molecular formula is C7H12O5S2. The predicted octanol–water partition coefficient (Wildman–Crippen LogP) is -0.907. The van der Waals surface area contributed by atoms with Crippen molar-refractivity contribution in [2.45, 2.75) is 17.8 Å². The fourth-order valence-corrected chi connectivity index (χ4v) is 3.73. The number of aliphatic hydroxyl groups is 1. The van der Waals surface area contributed by atoms with Crippen LogP contribution < -0.4 is 0 Å². The van der Waals surface area contributed by atoms with E-state index < -0.39 is 36.8 Å². The largest absolute Gasteiger partial charge is 0.391 e. The minimum absolute atomic E-state index is 0.0306. The van der Waals surface area contributed by atoms with Crippen LogP contribution in [0.25, 0.3) is 0 Å². The van der Waals surface area contributed by atoms with Crippen LogP contribution in [0.1, 0.15) is 6.42 Å². The van der Waals surface area contributed by atoms with Crippen molar-refractivity contribution in [1.82, 2.24) is 0 Å². The summed E-state index contributed by atoms with van der Waals surface area (Å²) in [4.78, 5) is 0. The molecule has 0 saturated carbocycles. The zero-order chi connectivity index (χ0) is 11.0. The highest BCUT2D eigenvalue weighted by Gasteiger charge is 2.41. The molecule has 1 N–H and O–H groups in total. The Hall–Kier alpha value is -0.400. The molecule has 82 valence electrons. The van der Waals surface area contributed by atoms with Crippen LogP contribution >= 0.6 is 0 Å².